The number of nitrogens with two attached hydrogens (primary N) is 1. The summed E-state index contributed by atoms with van der Waals surface area (Å²) in [7, 11) is 0. The van der Waals surface area contributed by atoms with Crippen LogP contribution in [0.1, 0.15) is 32.4 Å². The zero-order chi connectivity index (χ0) is 13.3. The highest BCUT2D eigenvalue weighted by molar-refractivity contribution is 5.85. The summed E-state index contributed by atoms with van der Waals surface area (Å²) >= 11 is 0. The zero-order valence-electron chi connectivity index (χ0n) is 10.8. The summed E-state index contributed by atoms with van der Waals surface area (Å²) in [5.74, 6) is 5.13. The second-order valence-corrected chi connectivity index (χ2v) is 4.38. The number of aromatic nitrogens is 3. The Morgan fingerprint density at radius 3 is 2.83 bits per heavy atom. The highest BCUT2D eigenvalue weighted by Crippen LogP contribution is 2.15. The molecule has 0 fully saturated rings. The van der Waals surface area contributed by atoms with Gasteiger partial charge < -0.3 is 5.84 Å². The van der Waals surface area contributed by atoms with E-state index in [0.717, 1.165) is 11.1 Å². The van der Waals surface area contributed by atoms with Crippen molar-refractivity contribution < 1.29 is 0 Å². The molecule has 0 atom stereocenters. The average molecular weight is 247 g/mol. The molecule has 0 aromatic carbocycles. The van der Waals surface area contributed by atoms with E-state index in [2.05, 4.69) is 10.1 Å². The molecule has 96 valence electrons. The van der Waals surface area contributed by atoms with Crippen LogP contribution in [-0.2, 0) is 6.54 Å². The molecule has 0 unspecified atom stereocenters. The zero-order valence-corrected chi connectivity index (χ0v) is 10.8. The number of hydrazone groups is 1. The van der Waals surface area contributed by atoms with E-state index in [1.54, 1.807) is 15.3 Å². The van der Waals surface area contributed by atoms with Gasteiger partial charge in [-0.25, -0.2) is 9.78 Å². The Labute approximate surface area is 105 Å². The fraction of sp³-hybridized carbons (Fsp3) is 0.417. The third-order valence-corrected chi connectivity index (χ3v) is 2.88. The predicted octanol–water partition coefficient (Wildman–Crippen LogP) is 1.09. The minimum absolute atomic E-state index is 0.0307. The van der Waals surface area contributed by atoms with Gasteiger partial charge in [-0.1, -0.05) is 0 Å². The van der Waals surface area contributed by atoms with Crippen LogP contribution in [0.2, 0.25) is 0 Å². The highest BCUT2D eigenvalue weighted by atomic mass is 16.1. The maximum atomic E-state index is 12.3. The summed E-state index contributed by atoms with van der Waals surface area (Å²) in [5.41, 5.74) is 2.27. The van der Waals surface area contributed by atoms with Crippen molar-refractivity contribution >= 4 is 17.4 Å². The predicted molar refractivity (Wildman–Crippen MR) is 71.8 cm³/mol. The van der Waals surface area contributed by atoms with Gasteiger partial charge in [-0.15, -0.1) is 0 Å². The van der Waals surface area contributed by atoms with Crippen LogP contribution in [0.3, 0.4) is 0 Å². The van der Waals surface area contributed by atoms with Crippen LogP contribution >= 0.6 is 0 Å². The number of nitrogens with zero attached hydrogens (tertiary/aromatic N) is 4. The lowest BCUT2D eigenvalue weighted by molar-refractivity contribution is 0.568. The summed E-state index contributed by atoms with van der Waals surface area (Å²) in [6.45, 7) is 6.49. The van der Waals surface area contributed by atoms with Crippen LogP contribution in [-0.4, -0.2) is 20.3 Å². The molecular formula is C12H17N5O. The van der Waals surface area contributed by atoms with Gasteiger partial charge in [0, 0.05) is 24.3 Å². The Morgan fingerprint density at radius 2 is 2.28 bits per heavy atom. The van der Waals surface area contributed by atoms with Gasteiger partial charge in [-0.3, -0.25) is 9.13 Å². The van der Waals surface area contributed by atoms with E-state index in [0.29, 0.717) is 12.2 Å². The molecule has 6 heteroatoms. The van der Waals surface area contributed by atoms with E-state index in [1.807, 2.05) is 26.8 Å². The topological polar surface area (TPSA) is 78.2 Å². The number of hydrogen-bond donors (Lipinski definition) is 1. The Morgan fingerprint density at radius 1 is 1.56 bits per heavy atom. The lowest BCUT2D eigenvalue weighted by Crippen LogP contribution is -2.25. The molecule has 0 radical (unpaired) electrons. The molecule has 0 saturated carbocycles. The van der Waals surface area contributed by atoms with Crippen LogP contribution in [0.5, 0.6) is 0 Å². The van der Waals surface area contributed by atoms with E-state index < -0.39 is 0 Å². The average Bonchev–Trinajstić information content (AvgIpc) is 2.60. The molecule has 2 heterocycles. The Kier molecular flexibility index (Phi) is 3.18. The van der Waals surface area contributed by atoms with Gasteiger partial charge in [0.15, 0.2) is 5.65 Å². The van der Waals surface area contributed by atoms with Gasteiger partial charge in [0.25, 0.3) is 0 Å². The highest BCUT2D eigenvalue weighted by Gasteiger charge is 2.15. The Bertz CT molecular complexity index is 650. The van der Waals surface area contributed by atoms with Crippen molar-refractivity contribution in [1.82, 2.24) is 14.1 Å². The number of fused-ring (bicyclic) bond motifs is 1. The smallest absolute Gasteiger partial charge is 0.323 e. The molecule has 0 aliphatic carbocycles. The molecule has 0 saturated heterocycles. The van der Waals surface area contributed by atoms with Crippen molar-refractivity contribution in [3.8, 4) is 0 Å². The van der Waals surface area contributed by atoms with Crippen LogP contribution in [0.15, 0.2) is 22.2 Å². The standard InChI is InChI=1S/C12H17N5O/c1-4-16-10-5-9(7-15-13)6-14-11(10)17(8(2)3)12(16)18/h5-8H,4,13H2,1-3H3. The van der Waals surface area contributed by atoms with Gasteiger partial charge in [-0.2, -0.15) is 5.10 Å². The van der Waals surface area contributed by atoms with Gasteiger partial charge in [-0.05, 0) is 26.8 Å². The van der Waals surface area contributed by atoms with Crippen molar-refractivity contribution in [1.29, 1.82) is 0 Å². The second-order valence-electron chi connectivity index (χ2n) is 4.38. The molecule has 0 spiro atoms. The molecule has 18 heavy (non-hydrogen) atoms. The third kappa shape index (κ3) is 1.79. The first-order valence-electron chi connectivity index (χ1n) is 5.94. The molecule has 0 aliphatic heterocycles. The van der Waals surface area contributed by atoms with Crippen LogP contribution < -0.4 is 11.5 Å². The first-order valence-corrected chi connectivity index (χ1v) is 5.94. The van der Waals surface area contributed by atoms with Crippen molar-refractivity contribution in [3.05, 3.63) is 28.3 Å². The molecule has 2 rings (SSSR count). The maximum Gasteiger partial charge on any atom is 0.330 e. The molecule has 0 aliphatic rings. The molecule has 0 bridgehead atoms. The van der Waals surface area contributed by atoms with Crippen LogP contribution in [0.4, 0.5) is 0 Å². The molecule has 2 aromatic heterocycles. The minimum Gasteiger partial charge on any atom is -0.323 e. The molecule has 6 nitrogen and oxygen atoms in total. The summed E-state index contributed by atoms with van der Waals surface area (Å²) in [6.07, 6.45) is 3.18. The van der Waals surface area contributed by atoms with E-state index in [-0.39, 0.29) is 11.7 Å². The lowest BCUT2D eigenvalue weighted by atomic mass is 10.3. The third-order valence-electron chi connectivity index (χ3n) is 2.88. The number of rotatable bonds is 3. The van der Waals surface area contributed by atoms with Crippen molar-refractivity contribution in [2.24, 2.45) is 10.9 Å². The largest absolute Gasteiger partial charge is 0.330 e. The summed E-state index contributed by atoms with van der Waals surface area (Å²) in [6, 6.07) is 1.96. The minimum atomic E-state index is -0.0307. The Hall–Kier alpha value is -2.11. The van der Waals surface area contributed by atoms with Gasteiger partial charge in [0.2, 0.25) is 0 Å². The fourth-order valence-electron chi connectivity index (χ4n) is 2.10. The SMILES string of the molecule is CCn1c(=O)n(C(C)C)c2ncc(C=NN)cc21. The van der Waals surface area contributed by atoms with Gasteiger partial charge in [0.05, 0.1) is 11.7 Å². The molecule has 0 amide bonds. The van der Waals surface area contributed by atoms with Crippen molar-refractivity contribution in [3.63, 3.8) is 0 Å². The summed E-state index contributed by atoms with van der Waals surface area (Å²) < 4.78 is 3.40. The quantitative estimate of drug-likeness (QED) is 0.501. The first kappa shape index (κ1) is 12.3. The number of aryl methyl sites for hydroxylation is 1. The Balaban J connectivity index is 2.82. The molecule has 2 aromatic rings. The number of imidazole rings is 1. The first-order chi connectivity index (χ1) is 8.60. The summed E-state index contributed by atoms with van der Waals surface area (Å²) in [5, 5.41) is 3.47. The van der Waals surface area contributed by atoms with E-state index in [1.165, 1.54) is 6.21 Å². The lowest BCUT2D eigenvalue weighted by Gasteiger charge is -2.05. The summed E-state index contributed by atoms with van der Waals surface area (Å²) in [4.78, 5) is 16.6. The van der Waals surface area contributed by atoms with Crippen LogP contribution in [0.25, 0.3) is 11.2 Å². The van der Waals surface area contributed by atoms with E-state index in [4.69, 9.17) is 5.84 Å². The van der Waals surface area contributed by atoms with E-state index >= 15 is 0 Å². The second kappa shape index (κ2) is 4.64. The van der Waals surface area contributed by atoms with Crippen molar-refractivity contribution in [2.75, 3.05) is 0 Å². The number of pyridine rings is 1. The van der Waals surface area contributed by atoms with Gasteiger partial charge >= 0.3 is 5.69 Å². The molecule has 2 N–H and O–H groups in total. The van der Waals surface area contributed by atoms with Gasteiger partial charge in [0.1, 0.15) is 0 Å². The van der Waals surface area contributed by atoms with Crippen molar-refractivity contribution in [2.45, 2.75) is 33.4 Å². The normalized spacial score (nSPS) is 12.0. The monoisotopic (exact) mass is 247 g/mol. The maximum absolute atomic E-state index is 12.3. The van der Waals surface area contributed by atoms with E-state index in [9.17, 15) is 4.79 Å². The fourth-order valence-corrected chi connectivity index (χ4v) is 2.10. The molecular weight excluding hydrogens is 230 g/mol. The number of hydrogen-bond acceptors (Lipinski definition) is 4. The van der Waals surface area contributed by atoms with Crippen LogP contribution in [0, 0.1) is 0 Å².